The summed E-state index contributed by atoms with van der Waals surface area (Å²) in [4.78, 5) is 27.2. The minimum atomic E-state index is -0.613. The van der Waals surface area contributed by atoms with Crippen molar-refractivity contribution in [3.05, 3.63) is 78.4 Å². The number of nitrogens with zero attached hydrogens (tertiary/aromatic N) is 4. The number of carbonyl (C=O) groups is 2. The van der Waals surface area contributed by atoms with Crippen molar-refractivity contribution < 1.29 is 14.3 Å². The Hall–Kier alpha value is -3.52. The number of nitrogens with one attached hydrogen (secondary N) is 1. The summed E-state index contributed by atoms with van der Waals surface area (Å²) in [5, 5.41) is 10.8. The van der Waals surface area contributed by atoms with Gasteiger partial charge in [0, 0.05) is 24.3 Å². The quantitative estimate of drug-likeness (QED) is 0.716. The largest absolute Gasteiger partial charge is 0.364 e. The summed E-state index contributed by atoms with van der Waals surface area (Å²) in [6.07, 6.45) is 3.47. The Kier molecular flexibility index (Phi) is 4.55. The molecule has 3 heterocycles. The topological polar surface area (TPSA) is 89.4 Å². The Morgan fingerprint density at radius 3 is 2.70 bits per heavy atom. The number of carbonyl (C=O) groups excluding carboxylic acids is 2. The van der Waals surface area contributed by atoms with Crippen LogP contribution in [0.4, 0.5) is 0 Å². The number of ether oxygens (including phenoxy) is 1. The van der Waals surface area contributed by atoms with Crippen molar-refractivity contribution in [2.24, 2.45) is 0 Å². The highest BCUT2D eigenvalue weighted by atomic mass is 16.5. The van der Waals surface area contributed by atoms with Crippen LogP contribution in [0.3, 0.4) is 0 Å². The molecule has 2 aliphatic rings. The monoisotopic (exact) mass is 403 g/mol. The Bertz CT molecular complexity index is 1070. The van der Waals surface area contributed by atoms with E-state index in [1.807, 2.05) is 48.5 Å². The number of benzene rings is 2. The molecule has 1 N–H and O–H groups in total. The molecular formula is C22H21N5O3. The molecule has 1 aromatic heterocycles. The Balaban J connectivity index is 1.40. The van der Waals surface area contributed by atoms with Gasteiger partial charge < -0.3 is 15.0 Å². The number of rotatable bonds is 3. The van der Waals surface area contributed by atoms with Gasteiger partial charge in [0.15, 0.2) is 0 Å². The molecule has 3 aromatic rings. The maximum Gasteiger partial charge on any atom is 0.254 e. The number of hydrogen-bond donors (Lipinski definition) is 1. The van der Waals surface area contributed by atoms with Gasteiger partial charge in [0.25, 0.3) is 5.91 Å². The third-order valence-corrected chi connectivity index (χ3v) is 5.88. The van der Waals surface area contributed by atoms with Gasteiger partial charge >= 0.3 is 0 Å². The van der Waals surface area contributed by atoms with E-state index in [1.165, 1.54) is 0 Å². The number of fused-ring (bicyclic) bond motifs is 1. The molecule has 2 fully saturated rings. The zero-order valence-electron chi connectivity index (χ0n) is 16.3. The minimum absolute atomic E-state index is 0.00436. The van der Waals surface area contributed by atoms with Crippen molar-refractivity contribution in [1.29, 1.82) is 0 Å². The van der Waals surface area contributed by atoms with Crippen LogP contribution in [0.25, 0.3) is 5.69 Å². The molecule has 2 saturated heterocycles. The number of piperidine rings is 1. The molecule has 2 atom stereocenters. The normalized spacial score (nSPS) is 23.5. The Labute approximate surface area is 173 Å². The van der Waals surface area contributed by atoms with E-state index in [4.69, 9.17) is 4.74 Å². The fourth-order valence-electron chi connectivity index (χ4n) is 4.36. The van der Waals surface area contributed by atoms with Crippen LogP contribution < -0.4 is 5.32 Å². The predicted octanol–water partition coefficient (Wildman–Crippen LogP) is 1.52. The zero-order chi connectivity index (χ0) is 20.6. The van der Waals surface area contributed by atoms with Gasteiger partial charge in [-0.05, 0) is 30.2 Å². The first-order chi connectivity index (χ1) is 14.7. The highest BCUT2D eigenvalue weighted by molar-refractivity contribution is 5.95. The van der Waals surface area contributed by atoms with Gasteiger partial charge in [0.1, 0.15) is 25.4 Å². The lowest BCUT2D eigenvalue weighted by molar-refractivity contribution is -0.150. The summed E-state index contributed by atoms with van der Waals surface area (Å²) in [6.45, 7) is 0.931. The lowest BCUT2D eigenvalue weighted by atomic mass is 9.77. The number of morpholine rings is 1. The van der Waals surface area contributed by atoms with Gasteiger partial charge in [-0.3, -0.25) is 14.2 Å². The van der Waals surface area contributed by atoms with E-state index in [2.05, 4.69) is 15.5 Å². The first-order valence-corrected chi connectivity index (χ1v) is 9.88. The van der Waals surface area contributed by atoms with Gasteiger partial charge in [0.05, 0.1) is 5.54 Å². The fraction of sp³-hybridized carbons (Fsp3) is 0.273. The highest BCUT2D eigenvalue weighted by Gasteiger charge is 2.49. The second-order valence-electron chi connectivity index (χ2n) is 7.61. The van der Waals surface area contributed by atoms with Crippen molar-refractivity contribution in [1.82, 2.24) is 25.0 Å². The van der Waals surface area contributed by atoms with Crippen LogP contribution in [-0.4, -0.2) is 57.3 Å². The highest BCUT2D eigenvalue weighted by Crippen LogP contribution is 2.37. The molecule has 2 aromatic carbocycles. The first-order valence-electron chi connectivity index (χ1n) is 9.88. The molecule has 30 heavy (non-hydrogen) atoms. The van der Waals surface area contributed by atoms with Crippen molar-refractivity contribution >= 4 is 11.8 Å². The Morgan fingerprint density at radius 2 is 1.90 bits per heavy atom. The van der Waals surface area contributed by atoms with E-state index >= 15 is 0 Å². The van der Waals surface area contributed by atoms with E-state index < -0.39 is 5.54 Å². The summed E-state index contributed by atoms with van der Waals surface area (Å²) in [5.74, 6) is -0.191. The van der Waals surface area contributed by atoms with Crippen LogP contribution in [0.15, 0.2) is 67.3 Å². The lowest BCUT2D eigenvalue weighted by Gasteiger charge is -2.50. The number of aromatic nitrogens is 3. The first kappa shape index (κ1) is 18.5. The molecule has 0 saturated carbocycles. The van der Waals surface area contributed by atoms with E-state index in [-0.39, 0.29) is 24.5 Å². The average Bonchev–Trinajstić information content (AvgIpc) is 3.34. The molecular weight excluding hydrogens is 382 g/mol. The van der Waals surface area contributed by atoms with E-state index in [9.17, 15) is 9.59 Å². The van der Waals surface area contributed by atoms with Crippen molar-refractivity contribution in [2.75, 3.05) is 19.7 Å². The van der Waals surface area contributed by atoms with E-state index in [0.29, 0.717) is 25.1 Å². The van der Waals surface area contributed by atoms with Crippen molar-refractivity contribution in [3.63, 3.8) is 0 Å². The maximum absolute atomic E-state index is 13.2. The molecule has 0 aliphatic carbocycles. The van der Waals surface area contributed by atoms with E-state index in [0.717, 1.165) is 11.3 Å². The van der Waals surface area contributed by atoms with Crippen LogP contribution in [0, 0.1) is 0 Å². The molecule has 0 unspecified atom stereocenters. The van der Waals surface area contributed by atoms with E-state index in [1.54, 1.807) is 28.2 Å². The van der Waals surface area contributed by atoms with Crippen LogP contribution in [-0.2, 0) is 15.1 Å². The summed E-state index contributed by atoms with van der Waals surface area (Å²) in [6, 6.07) is 17.2. The van der Waals surface area contributed by atoms with Gasteiger partial charge in [0.2, 0.25) is 5.91 Å². The molecule has 0 spiro atoms. The molecule has 2 aliphatic heterocycles. The number of amides is 2. The third-order valence-electron chi connectivity index (χ3n) is 5.88. The second kappa shape index (κ2) is 7.38. The molecule has 0 bridgehead atoms. The third kappa shape index (κ3) is 3.15. The molecule has 5 rings (SSSR count). The fourth-order valence-corrected chi connectivity index (χ4v) is 4.36. The Morgan fingerprint density at radius 1 is 1.10 bits per heavy atom. The SMILES string of the molecule is O=C1CO[C@@H]2CN(C(=O)c3cccc(-n4cnnc4)c3)CC[C@@]2(c2ccccc2)N1. The minimum Gasteiger partial charge on any atom is -0.364 e. The standard InChI is InChI=1S/C22H21N5O3/c28-20-13-30-19-12-26(10-9-22(19,25-20)17-6-2-1-3-7-17)21(29)16-5-4-8-18(11-16)27-14-23-24-15-27/h1-8,11,14-15,19H,9-10,12-13H2,(H,25,28)/t19-,22+/m1/s1. The smallest absolute Gasteiger partial charge is 0.254 e. The van der Waals surface area contributed by atoms with Gasteiger partial charge in [-0.2, -0.15) is 0 Å². The summed E-state index contributed by atoms with van der Waals surface area (Å²) in [7, 11) is 0. The predicted molar refractivity (Wildman–Crippen MR) is 108 cm³/mol. The van der Waals surface area contributed by atoms with Gasteiger partial charge in [-0.1, -0.05) is 36.4 Å². The van der Waals surface area contributed by atoms with Crippen LogP contribution in [0.1, 0.15) is 22.3 Å². The number of likely N-dealkylation sites (tertiary alicyclic amines) is 1. The summed E-state index contributed by atoms with van der Waals surface area (Å²) < 4.78 is 7.68. The molecule has 2 amide bonds. The molecule has 8 nitrogen and oxygen atoms in total. The summed E-state index contributed by atoms with van der Waals surface area (Å²) >= 11 is 0. The van der Waals surface area contributed by atoms with Crippen molar-refractivity contribution in [2.45, 2.75) is 18.1 Å². The molecule has 8 heteroatoms. The summed E-state index contributed by atoms with van der Waals surface area (Å²) in [5.41, 5.74) is 1.80. The molecule has 152 valence electrons. The van der Waals surface area contributed by atoms with Gasteiger partial charge in [-0.25, -0.2) is 0 Å². The van der Waals surface area contributed by atoms with Crippen LogP contribution in [0.2, 0.25) is 0 Å². The maximum atomic E-state index is 13.2. The number of hydrogen-bond acceptors (Lipinski definition) is 5. The molecule has 0 radical (unpaired) electrons. The van der Waals surface area contributed by atoms with Crippen LogP contribution >= 0.6 is 0 Å². The average molecular weight is 403 g/mol. The zero-order valence-corrected chi connectivity index (χ0v) is 16.3. The lowest BCUT2D eigenvalue weighted by Crippen LogP contribution is -2.67. The van der Waals surface area contributed by atoms with Gasteiger partial charge in [-0.15, -0.1) is 10.2 Å². The van der Waals surface area contributed by atoms with Crippen LogP contribution in [0.5, 0.6) is 0 Å². The second-order valence-corrected chi connectivity index (χ2v) is 7.61. The van der Waals surface area contributed by atoms with Crippen molar-refractivity contribution in [3.8, 4) is 5.69 Å².